The van der Waals surface area contributed by atoms with Crippen molar-refractivity contribution in [1.29, 1.82) is 0 Å². The number of halogens is 1. The van der Waals surface area contributed by atoms with Gasteiger partial charge in [-0.2, -0.15) is 0 Å². The number of hydrogen-bond donors (Lipinski definition) is 0. The summed E-state index contributed by atoms with van der Waals surface area (Å²) in [4.78, 5) is 24.7. The summed E-state index contributed by atoms with van der Waals surface area (Å²) in [7, 11) is 1.18. The van der Waals surface area contributed by atoms with Crippen LogP contribution in [0.4, 0.5) is 5.69 Å². The average Bonchev–Trinajstić information content (AvgIpc) is 2.16. The smallest absolute Gasteiger partial charge is 0.339 e. The minimum absolute atomic E-state index is 0.0357. The van der Waals surface area contributed by atoms with Crippen LogP contribution in [-0.2, 0) is 4.74 Å². The second-order valence-electron chi connectivity index (χ2n) is 2.68. The molecule has 0 radical (unpaired) electrons. The molecule has 0 saturated heterocycles. The summed E-state index contributed by atoms with van der Waals surface area (Å²) in [5, 5.41) is 10.3. The van der Waals surface area contributed by atoms with E-state index in [2.05, 4.69) is 9.72 Å². The maximum atomic E-state index is 11.2. The van der Waals surface area contributed by atoms with Gasteiger partial charge in [-0.05, 0) is 6.92 Å². The van der Waals surface area contributed by atoms with Gasteiger partial charge in [-0.1, -0.05) is 11.6 Å². The zero-order valence-corrected chi connectivity index (χ0v) is 8.74. The Morgan fingerprint density at radius 2 is 2.27 bits per heavy atom. The van der Waals surface area contributed by atoms with Crippen LogP contribution < -0.4 is 0 Å². The lowest BCUT2D eigenvalue weighted by Crippen LogP contribution is -2.07. The summed E-state index contributed by atoms with van der Waals surface area (Å²) in [5.41, 5.74) is -0.0892. The van der Waals surface area contributed by atoms with Gasteiger partial charge in [-0.3, -0.25) is 10.1 Å². The molecule has 0 spiro atoms. The van der Waals surface area contributed by atoms with E-state index in [-0.39, 0.29) is 16.4 Å². The second kappa shape index (κ2) is 4.22. The number of methoxy groups -OCH3 is 1. The number of hydrogen-bond acceptors (Lipinski definition) is 5. The molecule has 15 heavy (non-hydrogen) atoms. The molecule has 0 aliphatic carbocycles. The maximum absolute atomic E-state index is 11.2. The Labute approximate surface area is 90.0 Å². The Hall–Kier alpha value is -1.69. The van der Waals surface area contributed by atoms with Gasteiger partial charge < -0.3 is 4.74 Å². The van der Waals surface area contributed by atoms with Crippen molar-refractivity contribution in [2.45, 2.75) is 6.92 Å². The van der Waals surface area contributed by atoms with E-state index in [1.54, 1.807) is 0 Å². The number of rotatable bonds is 2. The van der Waals surface area contributed by atoms with Crippen molar-refractivity contribution in [3.63, 3.8) is 0 Å². The van der Waals surface area contributed by atoms with E-state index in [1.165, 1.54) is 14.0 Å². The van der Waals surface area contributed by atoms with Gasteiger partial charge in [-0.25, -0.2) is 9.78 Å². The number of nitro groups is 1. The molecule has 0 amide bonds. The van der Waals surface area contributed by atoms with Crippen LogP contribution in [0.15, 0.2) is 6.07 Å². The van der Waals surface area contributed by atoms with E-state index >= 15 is 0 Å². The van der Waals surface area contributed by atoms with Gasteiger partial charge in [0.05, 0.1) is 23.3 Å². The van der Waals surface area contributed by atoms with Crippen LogP contribution in [0.5, 0.6) is 0 Å². The molecule has 0 aliphatic heterocycles. The van der Waals surface area contributed by atoms with Crippen molar-refractivity contribution in [3.8, 4) is 0 Å². The van der Waals surface area contributed by atoms with E-state index in [4.69, 9.17) is 11.6 Å². The number of carbonyl (C=O) groups is 1. The van der Waals surface area contributed by atoms with Crippen molar-refractivity contribution in [1.82, 2.24) is 4.98 Å². The largest absolute Gasteiger partial charge is 0.465 e. The number of ether oxygens (including phenoxy) is 1. The van der Waals surface area contributed by atoms with E-state index < -0.39 is 16.6 Å². The Bertz CT molecular complexity index is 433. The highest BCUT2D eigenvalue weighted by atomic mass is 35.5. The molecular weight excluding hydrogens is 224 g/mol. The molecule has 7 heteroatoms. The number of aromatic nitrogens is 1. The first-order valence-corrected chi connectivity index (χ1v) is 4.25. The highest BCUT2D eigenvalue weighted by Gasteiger charge is 2.20. The lowest BCUT2D eigenvalue weighted by Gasteiger charge is -2.03. The summed E-state index contributed by atoms with van der Waals surface area (Å²) >= 11 is 5.54. The molecule has 6 nitrogen and oxygen atoms in total. The maximum Gasteiger partial charge on any atom is 0.339 e. The molecule has 0 fully saturated rings. The van der Waals surface area contributed by atoms with E-state index in [1.807, 2.05) is 0 Å². The predicted octanol–water partition coefficient (Wildman–Crippen LogP) is 1.74. The number of carbonyl (C=O) groups excluding carboxylic acids is 1. The highest BCUT2D eigenvalue weighted by molar-refractivity contribution is 6.31. The van der Waals surface area contributed by atoms with Crippen LogP contribution in [0, 0.1) is 17.0 Å². The first-order valence-electron chi connectivity index (χ1n) is 3.87. The van der Waals surface area contributed by atoms with Crippen LogP contribution >= 0.6 is 11.6 Å². The minimum Gasteiger partial charge on any atom is -0.465 e. The molecule has 0 saturated carbocycles. The normalized spacial score (nSPS) is 9.80. The van der Waals surface area contributed by atoms with Gasteiger partial charge in [0, 0.05) is 6.07 Å². The first kappa shape index (κ1) is 11.4. The van der Waals surface area contributed by atoms with Crippen molar-refractivity contribution < 1.29 is 14.5 Å². The minimum atomic E-state index is -0.707. The summed E-state index contributed by atoms with van der Waals surface area (Å²) in [6, 6.07) is 1.05. The second-order valence-corrected chi connectivity index (χ2v) is 3.04. The molecule has 0 bridgehead atoms. The fourth-order valence-corrected chi connectivity index (χ4v) is 1.26. The van der Waals surface area contributed by atoms with Crippen LogP contribution in [0.2, 0.25) is 5.15 Å². The van der Waals surface area contributed by atoms with Crippen LogP contribution in [0.1, 0.15) is 16.1 Å². The zero-order valence-electron chi connectivity index (χ0n) is 7.98. The Balaban J connectivity index is 3.36. The molecular formula is C8H7ClN2O4. The fourth-order valence-electron chi connectivity index (χ4n) is 1.01. The van der Waals surface area contributed by atoms with Crippen molar-refractivity contribution >= 4 is 23.3 Å². The van der Waals surface area contributed by atoms with Crippen LogP contribution in [0.3, 0.4) is 0 Å². The average molecular weight is 231 g/mol. The van der Waals surface area contributed by atoms with Crippen molar-refractivity contribution in [3.05, 3.63) is 32.6 Å². The molecule has 0 atom stereocenters. The first-order chi connectivity index (χ1) is 6.97. The summed E-state index contributed by atoms with van der Waals surface area (Å²) in [6.07, 6.45) is 0. The lowest BCUT2D eigenvalue weighted by atomic mass is 10.2. The van der Waals surface area contributed by atoms with E-state index in [0.29, 0.717) is 0 Å². The molecule has 0 N–H and O–H groups in total. The summed E-state index contributed by atoms with van der Waals surface area (Å²) in [5.74, 6) is -0.681. The molecule has 1 aromatic heterocycles. The van der Waals surface area contributed by atoms with Gasteiger partial charge in [0.15, 0.2) is 0 Å². The monoisotopic (exact) mass is 230 g/mol. The molecule has 0 unspecified atom stereocenters. The van der Waals surface area contributed by atoms with E-state index in [9.17, 15) is 14.9 Å². The Morgan fingerprint density at radius 1 is 1.67 bits per heavy atom. The molecule has 0 aromatic carbocycles. The fraction of sp³-hybridized carbons (Fsp3) is 0.250. The predicted molar refractivity (Wildman–Crippen MR) is 52.0 cm³/mol. The number of esters is 1. The zero-order chi connectivity index (χ0) is 11.6. The van der Waals surface area contributed by atoms with E-state index in [0.717, 1.165) is 6.07 Å². The van der Waals surface area contributed by atoms with Crippen LogP contribution in [-0.4, -0.2) is 23.0 Å². The third kappa shape index (κ3) is 2.21. The number of pyridine rings is 1. The molecule has 1 aromatic rings. The molecule has 1 heterocycles. The quantitative estimate of drug-likeness (QED) is 0.334. The van der Waals surface area contributed by atoms with Crippen molar-refractivity contribution in [2.75, 3.05) is 7.11 Å². The van der Waals surface area contributed by atoms with Gasteiger partial charge in [0.25, 0.3) is 0 Å². The van der Waals surface area contributed by atoms with Crippen molar-refractivity contribution in [2.24, 2.45) is 0 Å². The van der Waals surface area contributed by atoms with Gasteiger partial charge >= 0.3 is 11.7 Å². The van der Waals surface area contributed by atoms with Gasteiger partial charge in [0.2, 0.25) is 5.15 Å². The Kier molecular flexibility index (Phi) is 3.21. The number of aryl methyl sites for hydroxylation is 1. The van der Waals surface area contributed by atoms with Gasteiger partial charge in [0.1, 0.15) is 0 Å². The summed E-state index contributed by atoms with van der Waals surface area (Å²) in [6.45, 7) is 1.52. The molecule has 80 valence electrons. The lowest BCUT2D eigenvalue weighted by molar-refractivity contribution is -0.385. The summed E-state index contributed by atoms with van der Waals surface area (Å²) < 4.78 is 4.45. The third-order valence-electron chi connectivity index (χ3n) is 1.75. The molecule has 0 aliphatic rings. The van der Waals surface area contributed by atoms with Crippen LogP contribution in [0.25, 0.3) is 0 Å². The highest BCUT2D eigenvalue weighted by Crippen LogP contribution is 2.24. The third-order valence-corrected chi connectivity index (χ3v) is 2.03. The van der Waals surface area contributed by atoms with Gasteiger partial charge in [-0.15, -0.1) is 0 Å². The number of nitrogens with zero attached hydrogens (tertiary/aromatic N) is 2. The topological polar surface area (TPSA) is 82.3 Å². The standard InChI is InChI=1S/C8H7ClN2O4/c1-4-5(8(12)15-2)3-6(11(13)14)7(9)10-4/h3H,1-2H3. The molecule has 1 rings (SSSR count). The SMILES string of the molecule is COC(=O)c1cc([N+](=O)[O-])c(Cl)nc1C. The Morgan fingerprint density at radius 3 is 2.73 bits per heavy atom.